The van der Waals surface area contributed by atoms with Crippen molar-refractivity contribution in [2.45, 2.75) is 46.7 Å². The molecule has 1 N–H and O–H groups in total. The lowest BCUT2D eigenvalue weighted by molar-refractivity contribution is 0.292. The highest BCUT2D eigenvalue weighted by atomic mass is 15.4. The lowest BCUT2D eigenvalue weighted by atomic mass is 10.1. The Bertz CT molecular complexity index is 334. The summed E-state index contributed by atoms with van der Waals surface area (Å²) in [5, 5.41) is 11.7. The maximum absolute atomic E-state index is 4.17. The standard InChI is InChI=1S/C14H29N5/c1-5-7-15-11-14-12-19(17-16-14)10-9-18(4)8-6-13(2)3/h12-13,15H,5-11H2,1-4H3. The van der Waals surface area contributed by atoms with Crippen molar-refractivity contribution in [1.29, 1.82) is 0 Å². The van der Waals surface area contributed by atoms with Gasteiger partial charge in [0.25, 0.3) is 0 Å². The van der Waals surface area contributed by atoms with Crippen molar-refractivity contribution in [3.05, 3.63) is 11.9 Å². The topological polar surface area (TPSA) is 46.0 Å². The number of rotatable bonds is 10. The summed E-state index contributed by atoms with van der Waals surface area (Å²) in [6, 6.07) is 0. The van der Waals surface area contributed by atoms with E-state index in [2.05, 4.69) is 48.3 Å². The monoisotopic (exact) mass is 267 g/mol. The van der Waals surface area contributed by atoms with Gasteiger partial charge in [-0.05, 0) is 38.9 Å². The quantitative estimate of drug-likeness (QED) is 0.656. The van der Waals surface area contributed by atoms with Gasteiger partial charge in [0.1, 0.15) is 0 Å². The fourth-order valence-electron chi connectivity index (χ4n) is 1.79. The van der Waals surface area contributed by atoms with Crippen LogP contribution in [-0.4, -0.2) is 46.6 Å². The second kappa shape index (κ2) is 9.04. The van der Waals surface area contributed by atoms with Crippen molar-refractivity contribution in [3.8, 4) is 0 Å². The molecule has 0 atom stereocenters. The third kappa shape index (κ3) is 7.28. The SMILES string of the molecule is CCCNCc1cn(CCN(C)CCC(C)C)nn1. The fourth-order valence-corrected chi connectivity index (χ4v) is 1.79. The molecule has 1 rings (SSSR count). The molecule has 0 saturated carbocycles. The average Bonchev–Trinajstić information content (AvgIpc) is 2.82. The molecule has 0 aliphatic carbocycles. The third-order valence-electron chi connectivity index (χ3n) is 3.12. The van der Waals surface area contributed by atoms with E-state index in [0.29, 0.717) is 0 Å². The number of likely N-dealkylation sites (N-methyl/N-ethyl adjacent to an activating group) is 1. The smallest absolute Gasteiger partial charge is 0.0964 e. The van der Waals surface area contributed by atoms with Gasteiger partial charge in [0.15, 0.2) is 0 Å². The Morgan fingerprint density at radius 2 is 2.16 bits per heavy atom. The van der Waals surface area contributed by atoms with Gasteiger partial charge in [0.2, 0.25) is 0 Å². The summed E-state index contributed by atoms with van der Waals surface area (Å²) in [5.74, 6) is 0.769. The second-order valence-corrected chi connectivity index (χ2v) is 5.64. The van der Waals surface area contributed by atoms with E-state index in [1.54, 1.807) is 0 Å². The maximum atomic E-state index is 4.17. The van der Waals surface area contributed by atoms with E-state index in [1.165, 1.54) is 6.42 Å². The predicted octanol–water partition coefficient (Wildman–Crippen LogP) is 1.76. The first-order chi connectivity index (χ1) is 9.11. The predicted molar refractivity (Wildman–Crippen MR) is 79.0 cm³/mol. The third-order valence-corrected chi connectivity index (χ3v) is 3.12. The van der Waals surface area contributed by atoms with E-state index < -0.39 is 0 Å². The summed E-state index contributed by atoms with van der Waals surface area (Å²) < 4.78 is 1.94. The Labute approximate surface area is 117 Å². The van der Waals surface area contributed by atoms with E-state index in [-0.39, 0.29) is 0 Å². The van der Waals surface area contributed by atoms with E-state index >= 15 is 0 Å². The molecule has 0 aromatic carbocycles. The number of hydrogen-bond donors (Lipinski definition) is 1. The van der Waals surface area contributed by atoms with E-state index in [0.717, 1.165) is 50.8 Å². The summed E-state index contributed by atoms with van der Waals surface area (Å²) in [7, 11) is 2.17. The summed E-state index contributed by atoms with van der Waals surface area (Å²) in [6.45, 7) is 11.6. The second-order valence-electron chi connectivity index (χ2n) is 5.64. The number of nitrogens with zero attached hydrogens (tertiary/aromatic N) is 4. The summed E-state index contributed by atoms with van der Waals surface area (Å²) in [5.41, 5.74) is 1.03. The Morgan fingerprint density at radius 1 is 1.37 bits per heavy atom. The van der Waals surface area contributed by atoms with Gasteiger partial charge in [0.05, 0.1) is 12.2 Å². The van der Waals surface area contributed by atoms with Crippen LogP contribution in [0.25, 0.3) is 0 Å². The van der Waals surface area contributed by atoms with E-state index in [9.17, 15) is 0 Å². The lowest BCUT2D eigenvalue weighted by Gasteiger charge is -2.17. The molecule has 5 heteroatoms. The first-order valence-corrected chi connectivity index (χ1v) is 7.40. The van der Waals surface area contributed by atoms with Gasteiger partial charge in [-0.15, -0.1) is 5.10 Å². The van der Waals surface area contributed by atoms with Crippen LogP contribution in [0.1, 0.15) is 39.3 Å². The van der Waals surface area contributed by atoms with E-state index in [4.69, 9.17) is 0 Å². The van der Waals surface area contributed by atoms with Crippen LogP contribution in [0, 0.1) is 5.92 Å². The number of nitrogens with one attached hydrogen (secondary N) is 1. The van der Waals surface area contributed by atoms with Gasteiger partial charge in [-0.3, -0.25) is 4.68 Å². The van der Waals surface area contributed by atoms with Crippen LogP contribution in [0.2, 0.25) is 0 Å². The van der Waals surface area contributed by atoms with Gasteiger partial charge >= 0.3 is 0 Å². The first kappa shape index (κ1) is 16.1. The summed E-state index contributed by atoms with van der Waals surface area (Å²) in [4.78, 5) is 2.36. The Morgan fingerprint density at radius 3 is 2.84 bits per heavy atom. The zero-order chi connectivity index (χ0) is 14.1. The van der Waals surface area contributed by atoms with Gasteiger partial charge in [0, 0.05) is 19.3 Å². The van der Waals surface area contributed by atoms with Crippen molar-refractivity contribution in [2.24, 2.45) is 5.92 Å². The van der Waals surface area contributed by atoms with Crippen molar-refractivity contribution in [2.75, 3.05) is 26.7 Å². The van der Waals surface area contributed by atoms with Crippen molar-refractivity contribution in [1.82, 2.24) is 25.2 Å². The molecule has 0 saturated heterocycles. The zero-order valence-electron chi connectivity index (χ0n) is 12.9. The molecule has 0 radical (unpaired) electrons. The molecule has 0 spiro atoms. The molecule has 0 aliphatic rings. The molecule has 5 nitrogen and oxygen atoms in total. The molecule has 1 heterocycles. The van der Waals surface area contributed by atoms with Crippen LogP contribution in [0.4, 0.5) is 0 Å². The van der Waals surface area contributed by atoms with Crippen LogP contribution < -0.4 is 5.32 Å². The van der Waals surface area contributed by atoms with Crippen LogP contribution in [0.5, 0.6) is 0 Å². The molecule has 0 unspecified atom stereocenters. The molecule has 19 heavy (non-hydrogen) atoms. The molecule has 0 fully saturated rings. The fraction of sp³-hybridized carbons (Fsp3) is 0.857. The Hall–Kier alpha value is -0.940. The van der Waals surface area contributed by atoms with Gasteiger partial charge in [-0.25, -0.2) is 0 Å². The van der Waals surface area contributed by atoms with Gasteiger partial charge < -0.3 is 10.2 Å². The number of aromatic nitrogens is 3. The van der Waals surface area contributed by atoms with Crippen LogP contribution in [-0.2, 0) is 13.1 Å². The highest BCUT2D eigenvalue weighted by Gasteiger charge is 2.03. The largest absolute Gasteiger partial charge is 0.311 e. The molecule has 0 aliphatic heterocycles. The first-order valence-electron chi connectivity index (χ1n) is 7.40. The molecule has 1 aromatic heterocycles. The van der Waals surface area contributed by atoms with Crippen molar-refractivity contribution in [3.63, 3.8) is 0 Å². The maximum Gasteiger partial charge on any atom is 0.0964 e. The molecular formula is C14H29N5. The normalized spacial score (nSPS) is 11.7. The Balaban J connectivity index is 2.22. The average molecular weight is 267 g/mol. The molecule has 0 amide bonds. The Kier molecular flexibility index (Phi) is 7.67. The molecular weight excluding hydrogens is 238 g/mol. The number of hydrogen-bond acceptors (Lipinski definition) is 4. The lowest BCUT2D eigenvalue weighted by Crippen LogP contribution is -2.25. The minimum Gasteiger partial charge on any atom is -0.311 e. The van der Waals surface area contributed by atoms with E-state index in [1.807, 2.05) is 10.9 Å². The van der Waals surface area contributed by atoms with Crippen molar-refractivity contribution < 1.29 is 0 Å². The molecule has 1 aromatic rings. The van der Waals surface area contributed by atoms with Gasteiger partial charge in [-0.2, -0.15) is 0 Å². The molecule has 0 bridgehead atoms. The zero-order valence-corrected chi connectivity index (χ0v) is 12.9. The summed E-state index contributed by atoms with van der Waals surface area (Å²) >= 11 is 0. The highest BCUT2D eigenvalue weighted by Crippen LogP contribution is 2.01. The highest BCUT2D eigenvalue weighted by molar-refractivity contribution is 4.91. The minimum atomic E-state index is 0.769. The van der Waals surface area contributed by atoms with Gasteiger partial charge in [-0.1, -0.05) is 26.0 Å². The van der Waals surface area contributed by atoms with Crippen LogP contribution in [0.3, 0.4) is 0 Å². The summed E-state index contributed by atoms with van der Waals surface area (Å²) in [6.07, 6.45) is 4.44. The van der Waals surface area contributed by atoms with Crippen molar-refractivity contribution >= 4 is 0 Å². The van der Waals surface area contributed by atoms with Crippen LogP contribution >= 0.6 is 0 Å². The minimum absolute atomic E-state index is 0.769. The molecule has 110 valence electrons. The van der Waals surface area contributed by atoms with Crippen LogP contribution in [0.15, 0.2) is 6.20 Å².